The molecule has 6 heteroatoms. The van der Waals surface area contributed by atoms with E-state index in [0.29, 0.717) is 22.0 Å². The van der Waals surface area contributed by atoms with Crippen molar-refractivity contribution in [3.05, 3.63) is 56.7 Å². The van der Waals surface area contributed by atoms with E-state index in [2.05, 4.69) is 0 Å². The van der Waals surface area contributed by atoms with E-state index in [9.17, 15) is 9.59 Å². The summed E-state index contributed by atoms with van der Waals surface area (Å²) in [5, 5.41) is 1.87. The highest BCUT2D eigenvalue weighted by atomic mass is 35.5. The van der Waals surface area contributed by atoms with Crippen LogP contribution in [0.25, 0.3) is 0 Å². The predicted octanol–water partition coefficient (Wildman–Crippen LogP) is 3.66. The summed E-state index contributed by atoms with van der Waals surface area (Å²) in [6, 6.07) is 8.30. The van der Waals surface area contributed by atoms with Gasteiger partial charge >= 0.3 is 5.97 Å². The Labute approximate surface area is 137 Å². The Hall–Kier alpha value is -1.85. The molecule has 0 radical (unpaired) electrons. The molecule has 1 amide bonds. The zero-order valence-electron chi connectivity index (χ0n) is 11.9. The summed E-state index contributed by atoms with van der Waals surface area (Å²) in [4.78, 5) is 26.5. The number of benzene rings is 1. The molecule has 1 unspecified atom stereocenters. The number of esters is 1. The van der Waals surface area contributed by atoms with E-state index in [1.54, 1.807) is 25.1 Å². The number of hydrogen-bond donors (Lipinski definition) is 0. The van der Waals surface area contributed by atoms with Gasteiger partial charge in [0.15, 0.2) is 6.04 Å². The normalized spacial score (nSPS) is 16.7. The molecule has 0 spiro atoms. The highest BCUT2D eigenvalue weighted by molar-refractivity contribution is 7.14. The molecular weight excluding hydrogens is 322 g/mol. The van der Waals surface area contributed by atoms with E-state index in [0.717, 1.165) is 5.56 Å². The number of amides is 1. The molecule has 22 heavy (non-hydrogen) atoms. The van der Waals surface area contributed by atoms with Crippen molar-refractivity contribution in [2.75, 3.05) is 6.61 Å². The highest BCUT2D eigenvalue weighted by Gasteiger charge is 2.41. The van der Waals surface area contributed by atoms with Crippen LogP contribution in [-0.2, 0) is 16.1 Å². The number of thiophene rings is 1. The minimum atomic E-state index is -0.709. The number of carbonyl (C=O) groups is 2. The van der Waals surface area contributed by atoms with Crippen LogP contribution < -0.4 is 0 Å². The Morgan fingerprint density at radius 1 is 1.36 bits per heavy atom. The molecule has 1 aromatic heterocycles. The first-order chi connectivity index (χ1) is 10.6. The van der Waals surface area contributed by atoms with E-state index in [1.165, 1.54) is 16.2 Å². The van der Waals surface area contributed by atoms with Crippen molar-refractivity contribution in [3.63, 3.8) is 0 Å². The van der Waals surface area contributed by atoms with Crippen LogP contribution in [0.4, 0.5) is 0 Å². The van der Waals surface area contributed by atoms with Crippen LogP contribution in [0.15, 0.2) is 35.7 Å². The van der Waals surface area contributed by atoms with Gasteiger partial charge in [-0.1, -0.05) is 29.8 Å². The average Bonchev–Trinajstić information content (AvgIpc) is 3.03. The number of carbonyl (C=O) groups excluding carboxylic acids is 2. The van der Waals surface area contributed by atoms with Gasteiger partial charge in [-0.25, -0.2) is 4.79 Å². The minimum Gasteiger partial charge on any atom is -0.464 e. The van der Waals surface area contributed by atoms with Gasteiger partial charge < -0.3 is 9.64 Å². The maximum absolute atomic E-state index is 12.6. The third-order valence-corrected chi connectivity index (χ3v) is 4.85. The van der Waals surface area contributed by atoms with Gasteiger partial charge in [-0.3, -0.25) is 4.79 Å². The van der Waals surface area contributed by atoms with Crippen molar-refractivity contribution in [2.45, 2.75) is 19.5 Å². The van der Waals surface area contributed by atoms with E-state index in [1.807, 2.05) is 17.5 Å². The number of ether oxygens (including phenoxy) is 1. The number of nitrogens with zero attached hydrogens (tertiary/aromatic N) is 1. The first kappa shape index (κ1) is 15.1. The summed E-state index contributed by atoms with van der Waals surface area (Å²) < 4.78 is 5.78. The zero-order chi connectivity index (χ0) is 15.7. The average molecular weight is 336 g/mol. The molecule has 0 fully saturated rings. The highest BCUT2D eigenvalue weighted by Crippen LogP contribution is 2.37. The SMILES string of the molecule is CCOC(=O)C1c2ccccc2C(=O)N1Cc1ccsc1Cl. The van der Waals surface area contributed by atoms with Gasteiger partial charge in [0.25, 0.3) is 5.91 Å². The van der Waals surface area contributed by atoms with E-state index < -0.39 is 12.0 Å². The van der Waals surface area contributed by atoms with Gasteiger partial charge in [0.2, 0.25) is 0 Å². The first-order valence-corrected chi connectivity index (χ1v) is 8.17. The fourth-order valence-electron chi connectivity index (χ4n) is 2.62. The second kappa shape index (κ2) is 6.10. The Morgan fingerprint density at radius 3 is 2.82 bits per heavy atom. The molecule has 0 N–H and O–H groups in total. The second-order valence-electron chi connectivity index (χ2n) is 4.89. The fourth-order valence-corrected chi connectivity index (χ4v) is 3.54. The Bertz CT molecular complexity index is 728. The van der Waals surface area contributed by atoms with E-state index in [4.69, 9.17) is 16.3 Å². The lowest BCUT2D eigenvalue weighted by molar-refractivity contribution is -0.148. The lowest BCUT2D eigenvalue weighted by Gasteiger charge is -2.23. The Balaban J connectivity index is 1.99. The van der Waals surface area contributed by atoms with Crippen LogP contribution in [0.3, 0.4) is 0 Å². The maximum Gasteiger partial charge on any atom is 0.333 e. The smallest absolute Gasteiger partial charge is 0.333 e. The van der Waals surface area contributed by atoms with Crippen LogP contribution in [0.5, 0.6) is 0 Å². The molecule has 2 heterocycles. The van der Waals surface area contributed by atoms with Crippen LogP contribution in [0, 0.1) is 0 Å². The number of hydrogen-bond acceptors (Lipinski definition) is 4. The van der Waals surface area contributed by atoms with Crippen LogP contribution in [-0.4, -0.2) is 23.4 Å². The molecule has 114 valence electrons. The van der Waals surface area contributed by atoms with Crippen molar-refractivity contribution in [1.82, 2.24) is 4.90 Å². The van der Waals surface area contributed by atoms with Crippen molar-refractivity contribution < 1.29 is 14.3 Å². The lowest BCUT2D eigenvalue weighted by atomic mass is 10.0. The molecule has 1 aliphatic heterocycles. The number of rotatable bonds is 4. The van der Waals surface area contributed by atoms with Gasteiger partial charge in [0.1, 0.15) is 0 Å². The summed E-state index contributed by atoms with van der Waals surface area (Å²) in [6.45, 7) is 2.32. The predicted molar refractivity (Wildman–Crippen MR) is 85.0 cm³/mol. The monoisotopic (exact) mass is 335 g/mol. The van der Waals surface area contributed by atoms with Crippen molar-refractivity contribution >= 4 is 34.8 Å². The topological polar surface area (TPSA) is 46.6 Å². The molecule has 2 aromatic rings. The van der Waals surface area contributed by atoms with Crippen LogP contribution >= 0.6 is 22.9 Å². The molecule has 0 saturated carbocycles. The summed E-state index contributed by atoms with van der Waals surface area (Å²) in [7, 11) is 0. The first-order valence-electron chi connectivity index (χ1n) is 6.92. The van der Waals surface area contributed by atoms with Gasteiger partial charge in [0, 0.05) is 17.7 Å². The maximum atomic E-state index is 12.6. The van der Waals surface area contributed by atoms with Gasteiger partial charge in [-0.15, -0.1) is 11.3 Å². The summed E-state index contributed by atoms with van der Waals surface area (Å²) >= 11 is 7.53. The van der Waals surface area contributed by atoms with Gasteiger partial charge in [-0.05, 0) is 30.0 Å². The second-order valence-corrected chi connectivity index (χ2v) is 6.41. The molecular formula is C16H14ClNO3S. The van der Waals surface area contributed by atoms with Crippen LogP contribution in [0.2, 0.25) is 4.34 Å². The third kappa shape index (κ3) is 2.51. The molecule has 0 bridgehead atoms. The number of halogens is 1. The van der Waals surface area contributed by atoms with Gasteiger partial charge in [-0.2, -0.15) is 0 Å². The summed E-state index contributed by atoms with van der Waals surface area (Å²) in [5.74, 6) is -0.580. The largest absolute Gasteiger partial charge is 0.464 e. The zero-order valence-corrected chi connectivity index (χ0v) is 13.5. The molecule has 0 saturated heterocycles. The number of fused-ring (bicyclic) bond motifs is 1. The molecule has 4 nitrogen and oxygen atoms in total. The molecule has 3 rings (SSSR count). The van der Waals surface area contributed by atoms with Crippen molar-refractivity contribution in [1.29, 1.82) is 0 Å². The van der Waals surface area contributed by atoms with E-state index >= 15 is 0 Å². The summed E-state index contributed by atoms with van der Waals surface area (Å²) in [5.41, 5.74) is 2.08. The van der Waals surface area contributed by atoms with E-state index in [-0.39, 0.29) is 12.5 Å². The molecule has 1 aromatic carbocycles. The molecule has 1 atom stereocenters. The minimum absolute atomic E-state index is 0.170. The fraction of sp³-hybridized carbons (Fsp3) is 0.250. The third-order valence-electron chi connectivity index (χ3n) is 3.60. The molecule has 0 aliphatic carbocycles. The molecule has 1 aliphatic rings. The Kier molecular flexibility index (Phi) is 4.18. The quantitative estimate of drug-likeness (QED) is 0.801. The van der Waals surface area contributed by atoms with Crippen molar-refractivity contribution in [3.8, 4) is 0 Å². The Morgan fingerprint density at radius 2 is 2.14 bits per heavy atom. The van der Waals surface area contributed by atoms with Crippen LogP contribution in [0.1, 0.15) is 34.5 Å². The van der Waals surface area contributed by atoms with Crippen molar-refractivity contribution in [2.24, 2.45) is 0 Å². The standard InChI is InChI=1S/C16H14ClNO3S/c1-2-21-16(20)13-11-5-3-4-6-12(11)15(19)18(13)9-10-7-8-22-14(10)17/h3-8,13H,2,9H2,1H3. The van der Waals surface area contributed by atoms with Gasteiger partial charge in [0.05, 0.1) is 10.9 Å². The summed E-state index contributed by atoms with van der Waals surface area (Å²) in [6.07, 6.45) is 0. The lowest BCUT2D eigenvalue weighted by Crippen LogP contribution is -2.33.